The third kappa shape index (κ3) is 10.4. The summed E-state index contributed by atoms with van der Waals surface area (Å²) in [6.07, 6.45) is 4.12. The lowest BCUT2D eigenvalue weighted by atomic mass is 10.0. The quantitative estimate of drug-likeness (QED) is 0.118. The van der Waals surface area contributed by atoms with E-state index in [1.165, 1.54) is 13.8 Å². The van der Waals surface area contributed by atoms with Crippen LogP contribution in [0.4, 0.5) is 0 Å². The number of carbonyl (C=O) groups excluding carboxylic acids is 3. The van der Waals surface area contributed by atoms with Crippen molar-refractivity contribution in [2.75, 3.05) is 39.6 Å². The molecule has 0 saturated carbocycles. The van der Waals surface area contributed by atoms with Crippen molar-refractivity contribution in [3.8, 4) is 23.0 Å². The van der Waals surface area contributed by atoms with E-state index in [9.17, 15) is 19.5 Å². The highest BCUT2D eigenvalue weighted by atomic mass is 16.6. The van der Waals surface area contributed by atoms with Gasteiger partial charge in [-0.25, -0.2) is 4.79 Å². The summed E-state index contributed by atoms with van der Waals surface area (Å²) in [7, 11) is 0. The summed E-state index contributed by atoms with van der Waals surface area (Å²) < 4.78 is 28.3. The van der Waals surface area contributed by atoms with Gasteiger partial charge in [0.05, 0.1) is 30.9 Å². The fourth-order valence-corrected chi connectivity index (χ4v) is 4.32. The van der Waals surface area contributed by atoms with Gasteiger partial charge in [0.2, 0.25) is 0 Å². The summed E-state index contributed by atoms with van der Waals surface area (Å²) in [6.45, 7) is 10.4. The van der Waals surface area contributed by atoms with Crippen LogP contribution in [0.5, 0.6) is 23.0 Å². The summed E-state index contributed by atoms with van der Waals surface area (Å²) in [5, 5.41) is 10.5. The molecule has 0 fully saturated rings. The number of hydrogen-bond acceptors (Lipinski definition) is 9. The Morgan fingerprint density at radius 2 is 1.27 bits per heavy atom. The summed E-state index contributed by atoms with van der Waals surface area (Å²) in [5.74, 6) is 0.814. The van der Waals surface area contributed by atoms with Gasteiger partial charge in [-0.05, 0) is 57.9 Å². The van der Waals surface area contributed by atoms with E-state index >= 15 is 0 Å². The van der Waals surface area contributed by atoms with Gasteiger partial charge < -0.3 is 28.8 Å². The van der Waals surface area contributed by atoms with Crippen LogP contribution in [0.1, 0.15) is 92.1 Å². The first kappa shape index (κ1) is 33.6. The zero-order valence-corrected chi connectivity index (χ0v) is 25.0. The van der Waals surface area contributed by atoms with Crippen molar-refractivity contribution in [2.24, 2.45) is 0 Å². The number of aromatic hydroxyl groups is 1. The maximum atomic E-state index is 12.3. The number of ketones is 2. The fourth-order valence-electron chi connectivity index (χ4n) is 4.32. The predicted molar refractivity (Wildman–Crippen MR) is 156 cm³/mol. The molecule has 0 saturated heterocycles. The van der Waals surface area contributed by atoms with Crippen LogP contribution in [0.2, 0.25) is 0 Å². The largest absolute Gasteiger partial charge is 0.507 e. The molecule has 226 valence electrons. The average Bonchev–Trinajstić information content (AvgIpc) is 2.93. The smallest absolute Gasteiger partial charge is 0.344 e. The fraction of sp³-hybridized carbons (Fsp3) is 0.531. The van der Waals surface area contributed by atoms with Gasteiger partial charge in [0.1, 0.15) is 23.0 Å². The zero-order chi connectivity index (χ0) is 30.2. The molecule has 0 radical (unpaired) electrons. The molecule has 0 heterocycles. The molecule has 2 aromatic carbocycles. The van der Waals surface area contributed by atoms with Crippen molar-refractivity contribution in [1.82, 2.24) is 0 Å². The minimum absolute atomic E-state index is 0.000720. The third-order valence-corrected chi connectivity index (χ3v) is 6.24. The number of esters is 1. The number of carbonyl (C=O) groups is 3. The van der Waals surface area contributed by atoms with Gasteiger partial charge in [0.15, 0.2) is 18.2 Å². The first-order valence-corrected chi connectivity index (χ1v) is 14.4. The highest BCUT2D eigenvalue weighted by Crippen LogP contribution is 2.35. The van der Waals surface area contributed by atoms with E-state index in [1.54, 1.807) is 31.2 Å². The van der Waals surface area contributed by atoms with E-state index in [4.69, 9.17) is 23.7 Å². The summed E-state index contributed by atoms with van der Waals surface area (Å²) >= 11 is 0. The van der Waals surface area contributed by atoms with Crippen LogP contribution >= 0.6 is 0 Å². The van der Waals surface area contributed by atoms with Gasteiger partial charge in [-0.3, -0.25) is 9.59 Å². The highest BCUT2D eigenvalue weighted by Gasteiger charge is 2.19. The monoisotopic (exact) mass is 572 g/mol. The van der Waals surface area contributed by atoms with E-state index < -0.39 is 5.97 Å². The minimum Gasteiger partial charge on any atom is -0.507 e. The second kappa shape index (κ2) is 18.0. The number of phenolic OH excluding ortho intramolecular Hbond substituents is 1. The standard InChI is InChI=1S/C32H44O9/c1-6-11-26-28(15-13-24(22(4)33)31(26)36)39-19-9-17-37-18-10-20-40-32-25(23(5)34)14-16-29(27(32)12-7-2)41-21-30(35)38-8-3/h13-16,36H,6-12,17-21H2,1-5H3. The Kier molecular flexibility index (Phi) is 14.7. The van der Waals surface area contributed by atoms with Crippen molar-refractivity contribution >= 4 is 17.5 Å². The maximum absolute atomic E-state index is 12.3. The topological polar surface area (TPSA) is 118 Å². The maximum Gasteiger partial charge on any atom is 0.344 e. The van der Waals surface area contributed by atoms with Gasteiger partial charge in [-0.1, -0.05) is 26.7 Å². The molecule has 0 spiro atoms. The molecule has 2 rings (SSSR count). The van der Waals surface area contributed by atoms with Crippen molar-refractivity contribution in [1.29, 1.82) is 0 Å². The Balaban J connectivity index is 1.86. The average molecular weight is 573 g/mol. The molecule has 0 aliphatic rings. The number of phenols is 1. The lowest BCUT2D eigenvalue weighted by Crippen LogP contribution is -2.16. The molecule has 2 aromatic rings. The van der Waals surface area contributed by atoms with Gasteiger partial charge in [0.25, 0.3) is 0 Å². The predicted octanol–water partition coefficient (Wildman–Crippen LogP) is 5.90. The molecular weight excluding hydrogens is 528 g/mol. The molecule has 0 bridgehead atoms. The Hall–Kier alpha value is -3.59. The Bertz CT molecular complexity index is 1160. The summed E-state index contributed by atoms with van der Waals surface area (Å²) in [6, 6.07) is 6.68. The molecular formula is C32H44O9. The molecule has 0 atom stereocenters. The van der Waals surface area contributed by atoms with Gasteiger partial charge in [0, 0.05) is 37.2 Å². The van der Waals surface area contributed by atoms with Crippen LogP contribution in [0.25, 0.3) is 0 Å². The van der Waals surface area contributed by atoms with E-state index in [1.807, 2.05) is 13.8 Å². The van der Waals surface area contributed by atoms with Gasteiger partial charge in [-0.15, -0.1) is 0 Å². The van der Waals surface area contributed by atoms with E-state index in [2.05, 4.69) is 0 Å². The molecule has 0 aliphatic carbocycles. The van der Waals surface area contributed by atoms with Crippen molar-refractivity contribution in [2.45, 2.75) is 73.1 Å². The van der Waals surface area contributed by atoms with Gasteiger partial charge in [-0.2, -0.15) is 0 Å². The molecule has 9 heteroatoms. The van der Waals surface area contributed by atoms with Crippen molar-refractivity contribution in [3.05, 3.63) is 46.5 Å². The van der Waals surface area contributed by atoms with Crippen LogP contribution < -0.4 is 14.2 Å². The van der Waals surface area contributed by atoms with Crippen molar-refractivity contribution in [3.63, 3.8) is 0 Å². The SMILES string of the molecule is CCCc1c(OCCCOCCCOc2c(C(C)=O)ccc(OCC(=O)OCC)c2CCC)ccc(C(C)=O)c1O. The van der Waals surface area contributed by atoms with Crippen molar-refractivity contribution < 1.29 is 43.2 Å². The van der Waals surface area contributed by atoms with Crippen LogP contribution in [0, 0.1) is 0 Å². The number of Topliss-reactive ketones (excluding diaryl/α,β-unsaturated/α-hetero) is 2. The molecule has 41 heavy (non-hydrogen) atoms. The molecule has 0 amide bonds. The lowest BCUT2D eigenvalue weighted by Gasteiger charge is -2.18. The Labute approximate surface area is 243 Å². The number of ether oxygens (including phenoxy) is 5. The first-order chi connectivity index (χ1) is 19.7. The van der Waals surface area contributed by atoms with Crippen LogP contribution in [-0.2, 0) is 27.1 Å². The second-order valence-electron chi connectivity index (χ2n) is 9.58. The summed E-state index contributed by atoms with van der Waals surface area (Å²) in [5.41, 5.74) is 2.19. The third-order valence-electron chi connectivity index (χ3n) is 6.24. The number of benzene rings is 2. The van der Waals surface area contributed by atoms with E-state index in [0.717, 1.165) is 18.4 Å². The second-order valence-corrected chi connectivity index (χ2v) is 9.58. The normalized spacial score (nSPS) is 10.8. The lowest BCUT2D eigenvalue weighted by molar-refractivity contribution is -0.145. The van der Waals surface area contributed by atoms with Crippen LogP contribution in [-0.4, -0.2) is 62.3 Å². The Morgan fingerprint density at radius 1 is 0.707 bits per heavy atom. The molecule has 9 nitrogen and oxygen atoms in total. The minimum atomic E-state index is -0.457. The number of rotatable bonds is 20. The molecule has 0 aliphatic heterocycles. The van der Waals surface area contributed by atoms with E-state index in [-0.39, 0.29) is 30.5 Å². The van der Waals surface area contributed by atoms with Crippen LogP contribution in [0.15, 0.2) is 24.3 Å². The summed E-state index contributed by atoms with van der Waals surface area (Å²) in [4.78, 5) is 35.8. The Morgan fingerprint density at radius 3 is 1.85 bits per heavy atom. The van der Waals surface area contributed by atoms with E-state index in [0.29, 0.717) is 86.0 Å². The first-order valence-electron chi connectivity index (χ1n) is 14.4. The molecule has 1 N–H and O–H groups in total. The van der Waals surface area contributed by atoms with Gasteiger partial charge >= 0.3 is 5.97 Å². The molecule has 0 unspecified atom stereocenters. The zero-order valence-electron chi connectivity index (χ0n) is 25.0. The van der Waals surface area contributed by atoms with Crippen LogP contribution in [0.3, 0.4) is 0 Å². The molecule has 0 aromatic heterocycles. The number of hydrogen-bond donors (Lipinski definition) is 1. The highest BCUT2D eigenvalue weighted by molar-refractivity contribution is 5.98.